The molecule has 4 heteroatoms. The number of alkyl halides is 1. The van der Waals surface area contributed by atoms with Crippen LogP contribution in [0.25, 0.3) is 0 Å². The van der Waals surface area contributed by atoms with Gasteiger partial charge in [-0.2, -0.15) is 0 Å². The van der Waals surface area contributed by atoms with E-state index in [1.165, 1.54) is 0 Å². The molecule has 4 rings (SSSR count). The number of ketones is 1. The Bertz CT molecular complexity index is 1030. The Morgan fingerprint density at radius 1 is 0.889 bits per heavy atom. The van der Waals surface area contributed by atoms with Crippen LogP contribution < -0.4 is 5.32 Å². The Balaban J connectivity index is 1.98. The minimum absolute atomic E-state index is 0.246. The number of amides is 1. The molecule has 0 saturated heterocycles. The SMILES string of the molecule is Cc1ccccc1[C@]1([C@@H](F)C(=O)c2ccccc2)C(=O)Nc2ccccc21. The topological polar surface area (TPSA) is 46.2 Å². The predicted molar refractivity (Wildman–Crippen MR) is 103 cm³/mol. The number of hydrogen-bond acceptors (Lipinski definition) is 2. The van der Waals surface area contributed by atoms with Crippen molar-refractivity contribution in [2.24, 2.45) is 0 Å². The summed E-state index contributed by atoms with van der Waals surface area (Å²) in [5.41, 5.74) is 0.817. The minimum Gasteiger partial charge on any atom is -0.325 e. The highest BCUT2D eigenvalue weighted by atomic mass is 19.1. The van der Waals surface area contributed by atoms with Gasteiger partial charge in [-0.3, -0.25) is 9.59 Å². The Morgan fingerprint density at radius 2 is 1.48 bits per heavy atom. The van der Waals surface area contributed by atoms with E-state index in [1.807, 2.05) is 19.1 Å². The number of carbonyl (C=O) groups is 2. The number of benzene rings is 3. The number of carbonyl (C=O) groups excluding carboxylic acids is 2. The lowest BCUT2D eigenvalue weighted by Gasteiger charge is -2.32. The van der Waals surface area contributed by atoms with Crippen molar-refractivity contribution in [1.82, 2.24) is 0 Å². The smallest absolute Gasteiger partial charge is 0.243 e. The summed E-state index contributed by atoms with van der Waals surface area (Å²) in [7, 11) is 0. The minimum atomic E-state index is -2.05. The molecule has 0 spiro atoms. The summed E-state index contributed by atoms with van der Waals surface area (Å²) in [5.74, 6) is -1.22. The zero-order valence-electron chi connectivity index (χ0n) is 14.8. The maximum atomic E-state index is 16.0. The quantitative estimate of drug-likeness (QED) is 0.700. The van der Waals surface area contributed by atoms with Crippen LogP contribution in [-0.2, 0) is 10.2 Å². The fraction of sp³-hybridized carbons (Fsp3) is 0.130. The van der Waals surface area contributed by atoms with Crippen molar-refractivity contribution >= 4 is 17.4 Å². The first-order chi connectivity index (χ1) is 13.1. The zero-order chi connectivity index (χ0) is 19.0. The molecule has 0 aliphatic carbocycles. The van der Waals surface area contributed by atoms with Crippen molar-refractivity contribution in [3.63, 3.8) is 0 Å². The lowest BCUT2D eigenvalue weighted by molar-refractivity contribution is -0.121. The number of Topliss-reactive ketones (excluding diaryl/α,β-unsaturated/α-hetero) is 1. The average molecular weight is 359 g/mol. The van der Waals surface area contributed by atoms with E-state index in [4.69, 9.17) is 0 Å². The molecule has 134 valence electrons. The number of anilines is 1. The third kappa shape index (κ3) is 2.48. The summed E-state index contributed by atoms with van der Waals surface area (Å²) in [6.45, 7) is 1.82. The van der Waals surface area contributed by atoms with Crippen LogP contribution in [-0.4, -0.2) is 17.9 Å². The largest absolute Gasteiger partial charge is 0.325 e. The van der Waals surface area contributed by atoms with Crippen LogP contribution in [0.15, 0.2) is 78.9 Å². The Labute approximate surface area is 156 Å². The van der Waals surface area contributed by atoms with Crippen LogP contribution in [0.3, 0.4) is 0 Å². The van der Waals surface area contributed by atoms with E-state index in [9.17, 15) is 9.59 Å². The first kappa shape index (κ1) is 17.2. The Morgan fingerprint density at radius 3 is 2.19 bits per heavy atom. The molecule has 0 bridgehead atoms. The summed E-state index contributed by atoms with van der Waals surface area (Å²) in [4.78, 5) is 26.2. The van der Waals surface area contributed by atoms with Gasteiger partial charge in [-0.15, -0.1) is 0 Å². The highest BCUT2D eigenvalue weighted by Crippen LogP contribution is 2.48. The van der Waals surface area contributed by atoms with E-state index in [0.717, 1.165) is 5.56 Å². The third-order valence-corrected chi connectivity index (χ3v) is 5.20. The number of hydrogen-bond donors (Lipinski definition) is 1. The first-order valence-electron chi connectivity index (χ1n) is 8.77. The average Bonchev–Trinajstić information content (AvgIpc) is 3.00. The van der Waals surface area contributed by atoms with Gasteiger partial charge in [0, 0.05) is 11.3 Å². The summed E-state index contributed by atoms with van der Waals surface area (Å²) < 4.78 is 16.0. The van der Waals surface area contributed by atoms with Crippen molar-refractivity contribution in [3.8, 4) is 0 Å². The van der Waals surface area contributed by atoms with Gasteiger partial charge in [-0.1, -0.05) is 72.8 Å². The highest BCUT2D eigenvalue weighted by Gasteiger charge is 2.57. The Hall–Kier alpha value is -3.27. The van der Waals surface area contributed by atoms with E-state index in [2.05, 4.69) is 5.32 Å². The summed E-state index contributed by atoms with van der Waals surface area (Å²) in [6.07, 6.45) is -2.05. The van der Waals surface area contributed by atoms with Crippen molar-refractivity contribution in [2.75, 3.05) is 5.32 Å². The van der Waals surface area contributed by atoms with Crippen LogP contribution in [0, 0.1) is 6.92 Å². The lowest BCUT2D eigenvalue weighted by Crippen LogP contribution is -2.48. The van der Waals surface area contributed by atoms with Crippen molar-refractivity contribution in [1.29, 1.82) is 0 Å². The maximum Gasteiger partial charge on any atom is 0.243 e. The van der Waals surface area contributed by atoms with Gasteiger partial charge in [-0.05, 0) is 29.7 Å². The van der Waals surface area contributed by atoms with Gasteiger partial charge in [0.05, 0.1) is 0 Å². The van der Waals surface area contributed by atoms with Gasteiger partial charge in [0.1, 0.15) is 5.41 Å². The molecule has 1 heterocycles. The third-order valence-electron chi connectivity index (χ3n) is 5.20. The Kier molecular flexibility index (Phi) is 4.11. The molecule has 3 aromatic carbocycles. The normalized spacial score (nSPS) is 19.3. The van der Waals surface area contributed by atoms with Crippen molar-refractivity contribution < 1.29 is 14.0 Å². The van der Waals surface area contributed by atoms with E-state index < -0.39 is 23.3 Å². The fourth-order valence-electron chi connectivity index (χ4n) is 3.90. The van der Waals surface area contributed by atoms with Crippen molar-refractivity contribution in [3.05, 3.63) is 101 Å². The van der Waals surface area contributed by atoms with E-state index in [1.54, 1.807) is 66.7 Å². The standard InChI is InChI=1S/C23H18FNO2/c1-15-9-5-6-12-17(15)23(18-13-7-8-14-19(18)25-22(23)27)21(24)20(26)16-10-3-2-4-11-16/h2-14,21H,1H3,(H,25,27)/t21-,23-/m0/s1. The molecular weight excluding hydrogens is 341 g/mol. The van der Waals surface area contributed by atoms with Crippen LogP contribution in [0.2, 0.25) is 0 Å². The van der Waals surface area contributed by atoms with E-state index >= 15 is 4.39 Å². The summed E-state index contributed by atoms with van der Waals surface area (Å²) in [5, 5.41) is 2.77. The van der Waals surface area contributed by atoms with Crippen LogP contribution >= 0.6 is 0 Å². The molecule has 0 aromatic heterocycles. The molecule has 1 aliphatic rings. The first-order valence-corrected chi connectivity index (χ1v) is 8.77. The summed E-state index contributed by atoms with van der Waals surface area (Å²) in [6, 6.07) is 22.4. The number of rotatable bonds is 4. The molecule has 2 atom stereocenters. The van der Waals surface area contributed by atoms with Crippen LogP contribution in [0.5, 0.6) is 0 Å². The van der Waals surface area contributed by atoms with Gasteiger partial charge in [0.2, 0.25) is 5.91 Å². The number of halogens is 1. The second kappa shape index (κ2) is 6.47. The number of fused-ring (bicyclic) bond motifs is 1. The second-order valence-electron chi connectivity index (χ2n) is 6.72. The highest BCUT2D eigenvalue weighted by molar-refractivity contribution is 6.15. The maximum absolute atomic E-state index is 16.0. The molecule has 1 N–H and O–H groups in total. The van der Waals surface area contributed by atoms with Gasteiger partial charge in [-0.25, -0.2) is 4.39 Å². The number of aryl methyl sites for hydroxylation is 1. The molecule has 3 aromatic rings. The van der Waals surface area contributed by atoms with E-state index in [-0.39, 0.29) is 5.56 Å². The lowest BCUT2D eigenvalue weighted by atomic mass is 9.68. The molecule has 27 heavy (non-hydrogen) atoms. The molecule has 0 unspecified atom stereocenters. The zero-order valence-corrected chi connectivity index (χ0v) is 14.8. The molecule has 0 fully saturated rings. The molecule has 1 amide bonds. The van der Waals surface area contributed by atoms with Gasteiger partial charge in [0.15, 0.2) is 12.0 Å². The molecule has 0 radical (unpaired) electrons. The number of nitrogens with one attached hydrogen (secondary N) is 1. The molecule has 1 aliphatic heterocycles. The van der Waals surface area contributed by atoms with E-state index in [0.29, 0.717) is 16.8 Å². The van der Waals surface area contributed by atoms with Crippen molar-refractivity contribution in [2.45, 2.75) is 18.5 Å². The molecule has 3 nitrogen and oxygen atoms in total. The van der Waals surface area contributed by atoms with Gasteiger partial charge < -0.3 is 5.32 Å². The fourth-order valence-corrected chi connectivity index (χ4v) is 3.90. The van der Waals surface area contributed by atoms with Gasteiger partial charge in [0.25, 0.3) is 0 Å². The monoisotopic (exact) mass is 359 g/mol. The van der Waals surface area contributed by atoms with Crippen LogP contribution in [0.1, 0.15) is 27.0 Å². The molecule has 0 saturated carbocycles. The van der Waals surface area contributed by atoms with Crippen LogP contribution in [0.4, 0.5) is 10.1 Å². The van der Waals surface area contributed by atoms with Gasteiger partial charge >= 0.3 is 0 Å². The predicted octanol–water partition coefficient (Wildman–Crippen LogP) is 4.45. The summed E-state index contributed by atoms with van der Waals surface area (Å²) >= 11 is 0. The second-order valence-corrected chi connectivity index (χ2v) is 6.72. The molecular formula is C23H18FNO2. The number of para-hydroxylation sites is 1.